The molecule has 0 heterocycles. The zero-order chi connectivity index (χ0) is 14.1. The van der Waals surface area contributed by atoms with Crippen molar-refractivity contribution in [3.05, 3.63) is 34.3 Å². The molecule has 0 aromatic heterocycles. The van der Waals surface area contributed by atoms with Crippen LogP contribution in [-0.2, 0) is 9.47 Å². The molecule has 0 saturated heterocycles. The first kappa shape index (κ1) is 16.6. The van der Waals surface area contributed by atoms with E-state index in [9.17, 15) is 0 Å². The highest BCUT2D eigenvalue weighted by Crippen LogP contribution is 2.24. The summed E-state index contributed by atoms with van der Waals surface area (Å²) in [6, 6.07) is 8.50. The summed E-state index contributed by atoms with van der Waals surface area (Å²) in [5.41, 5.74) is 1.34. The van der Waals surface area contributed by atoms with E-state index < -0.39 is 0 Å². The number of benzene rings is 1. The SMILES string of the molecule is COCCNCC(CC(C)OC)c1cccc(Br)c1. The van der Waals surface area contributed by atoms with E-state index in [0.717, 1.165) is 30.6 Å². The van der Waals surface area contributed by atoms with Crippen LogP contribution in [0, 0.1) is 0 Å². The van der Waals surface area contributed by atoms with Gasteiger partial charge in [-0.05, 0) is 37.0 Å². The molecule has 1 rings (SSSR count). The second kappa shape index (κ2) is 9.48. The maximum atomic E-state index is 5.40. The van der Waals surface area contributed by atoms with Gasteiger partial charge in [-0.25, -0.2) is 0 Å². The summed E-state index contributed by atoms with van der Waals surface area (Å²) in [4.78, 5) is 0. The summed E-state index contributed by atoms with van der Waals surface area (Å²) < 4.78 is 11.6. The van der Waals surface area contributed by atoms with Crippen LogP contribution in [0.4, 0.5) is 0 Å². The van der Waals surface area contributed by atoms with E-state index in [1.54, 1.807) is 14.2 Å². The van der Waals surface area contributed by atoms with Gasteiger partial charge in [-0.15, -0.1) is 0 Å². The van der Waals surface area contributed by atoms with Crippen molar-refractivity contribution < 1.29 is 9.47 Å². The van der Waals surface area contributed by atoms with Crippen molar-refractivity contribution in [2.75, 3.05) is 33.9 Å². The summed E-state index contributed by atoms with van der Waals surface area (Å²) in [6.45, 7) is 4.67. The van der Waals surface area contributed by atoms with Crippen LogP contribution in [0.1, 0.15) is 24.8 Å². The lowest BCUT2D eigenvalue weighted by Crippen LogP contribution is -2.27. The fourth-order valence-electron chi connectivity index (χ4n) is 2.05. The van der Waals surface area contributed by atoms with Gasteiger partial charge in [0.05, 0.1) is 12.7 Å². The minimum absolute atomic E-state index is 0.258. The summed E-state index contributed by atoms with van der Waals surface area (Å²) in [6.07, 6.45) is 1.26. The summed E-state index contributed by atoms with van der Waals surface area (Å²) in [7, 11) is 3.49. The van der Waals surface area contributed by atoms with Crippen LogP contribution < -0.4 is 5.32 Å². The topological polar surface area (TPSA) is 30.5 Å². The van der Waals surface area contributed by atoms with Crippen molar-refractivity contribution in [2.45, 2.75) is 25.4 Å². The molecule has 1 aromatic rings. The van der Waals surface area contributed by atoms with Gasteiger partial charge in [-0.1, -0.05) is 28.1 Å². The van der Waals surface area contributed by atoms with Gasteiger partial charge < -0.3 is 14.8 Å². The fourth-order valence-corrected chi connectivity index (χ4v) is 2.46. The second-order valence-corrected chi connectivity index (χ2v) is 5.65. The number of rotatable bonds is 9. The molecular formula is C15H24BrNO2. The molecule has 0 radical (unpaired) electrons. The highest BCUT2D eigenvalue weighted by atomic mass is 79.9. The molecule has 3 nitrogen and oxygen atoms in total. The third-order valence-corrected chi connectivity index (χ3v) is 3.71. The molecule has 1 N–H and O–H groups in total. The molecule has 0 spiro atoms. The molecule has 1 aromatic carbocycles. The molecule has 108 valence electrons. The molecule has 0 saturated carbocycles. The predicted octanol–water partition coefficient (Wildman–Crippen LogP) is 3.19. The molecular weight excluding hydrogens is 306 g/mol. The molecule has 0 aliphatic rings. The van der Waals surface area contributed by atoms with Gasteiger partial charge in [0.15, 0.2) is 0 Å². The van der Waals surface area contributed by atoms with Crippen LogP contribution in [-0.4, -0.2) is 40.0 Å². The van der Waals surface area contributed by atoms with Crippen LogP contribution in [0.5, 0.6) is 0 Å². The Balaban J connectivity index is 2.63. The Bertz CT molecular complexity index is 360. The normalized spacial score (nSPS) is 14.3. The standard InChI is InChI=1S/C15H24BrNO2/c1-12(19-3)9-14(11-17-7-8-18-2)13-5-4-6-15(16)10-13/h4-6,10,12,14,17H,7-9,11H2,1-3H3. The number of hydrogen-bond donors (Lipinski definition) is 1. The number of halogens is 1. The summed E-state index contributed by atoms with van der Waals surface area (Å²) >= 11 is 3.54. The Hall–Kier alpha value is -0.420. The average molecular weight is 330 g/mol. The largest absolute Gasteiger partial charge is 0.383 e. The molecule has 0 bridgehead atoms. The molecule has 2 unspecified atom stereocenters. The van der Waals surface area contributed by atoms with E-state index in [-0.39, 0.29) is 6.10 Å². The first-order valence-corrected chi connectivity index (χ1v) is 7.44. The zero-order valence-corrected chi connectivity index (χ0v) is 13.6. The van der Waals surface area contributed by atoms with Crippen molar-refractivity contribution in [1.82, 2.24) is 5.32 Å². The highest BCUT2D eigenvalue weighted by molar-refractivity contribution is 9.10. The minimum atomic E-state index is 0.258. The molecule has 0 amide bonds. The van der Waals surface area contributed by atoms with Gasteiger partial charge in [0.1, 0.15) is 0 Å². The first-order chi connectivity index (χ1) is 9.17. The van der Waals surface area contributed by atoms with Gasteiger partial charge >= 0.3 is 0 Å². The highest BCUT2D eigenvalue weighted by Gasteiger charge is 2.15. The van der Waals surface area contributed by atoms with Gasteiger partial charge in [0.2, 0.25) is 0 Å². The maximum absolute atomic E-state index is 5.40. The van der Waals surface area contributed by atoms with Crippen LogP contribution >= 0.6 is 15.9 Å². The lowest BCUT2D eigenvalue weighted by atomic mass is 9.93. The van der Waals surface area contributed by atoms with E-state index >= 15 is 0 Å². The fraction of sp³-hybridized carbons (Fsp3) is 0.600. The number of methoxy groups -OCH3 is 2. The van der Waals surface area contributed by atoms with Crippen LogP contribution in [0.15, 0.2) is 28.7 Å². The van der Waals surface area contributed by atoms with E-state index in [0.29, 0.717) is 5.92 Å². The Morgan fingerprint density at radius 1 is 1.32 bits per heavy atom. The quantitative estimate of drug-likeness (QED) is 0.706. The van der Waals surface area contributed by atoms with Gasteiger partial charge in [-0.3, -0.25) is 0 Å². The second-order valence-electron chi connectivity index (χ2n) is 4.73. The van der Waals surface area contributed by atoms with Crippen LogP contribution in [0.2, 0.25) is 0 Å². The summed E-state index contributed by atoms with van der Waals surface area (Å²) in [5, 5.41) is 3.44. The Morgan fingerprint density at radius 2 is 2.11 bits per heavy atom. The van der Waals surface area contributed by atoms with Crippen LogP contribution in [0.25, 0.3) is 0 Å². The number of ether oxygens (including phenoxy) is 2. The van der Waals surface area contributed by atoms with Crippen molar-refractivity contribution in [1.29, 1.82) is 0 Å². The predicted molar refractivity (Wildman–Crippen MR) is 82.7 cm³/mol. The molecule has 0 fully saturated rings. The molecule has 0 aliphatic carbocycles. The van der Waals surface area contributed by atoms with Gasteiger partial charge in [0.25, 0.3) is 0 Å². The Labute approximate surface area is 124 Å². The number of hydrogen-bond acceptors (Lipinski definition) is 3. The van der Waals surface area contributed by atoms with E-state index in [1.165, 1.54) is 5.56 Å². The van der Waals surface area contributed by atoms with Crippen LogP contribution in [0.3, 0.4) is 0 Å². The first-order valence-electron chi connectivity index (χ1n) is 6.65. The van der Waals surface area contributed by atoms with Crippen molar-refractivity contribution in [2.24, 2.45) is 0 Å². The molecule has 0 aliphatic heterocycles. The lowest BCUT2D eigenvalue weighted by molar-refractivity contribution is 0.103. The van der Waals surface area contributed by atoms with Crippen molar-refractivity contribution >= 4 is 15.9 Å². The minimum Gasteiger partial charge on any atom is -0.383 e. The summed E-state index contributed by atoms with van der Waals surface area (Å²) in [5.74, 6) is 0.448. The smallest absolute Gasteiger partial charge is 0.0587 e. The lowest BCUT2D eigenvalue weighted by Gasteiger charge is -2.21. The number of nitrogens with one attached hydrogen (secondary N) is 1. The average Bonchev–Trinajstić information content (AvgIpc) is 2.42. The molecule has 2 atom stereocenters. The Morgan fingerprint density at radius 3 is 2.74 bits per heavy atom. The molecule has 4 heteroatoms. The van der Waals surface area contributed by atoms with Crippen molar-refractivity contribution in [3.63, 3.8) is 0 Å². The monoisotopic (exact) mass is 329 g/mol. The Kier molecular flexibility index (Phi) is 8.30. The van der Waals surface area contributed by atoms with E-state index in [4.69, 9.17) is 9.47 Å². The molecule has 19 heavy (non-hydrogen) atoms. The van der Waals surface area contributed by atoms with Gasteiger partial charge in [0, 0.05) is 31.8 Å². The van der Waals surface area contributed by atoms with E-state index in [1.807, 2.05) is 0 Å². The van der Waals surface area contributed by atoms with E-state index in [2.05, 4.69) is 52.4 Å². The third kappa shape index (κ3) is 6.52. The zero-order valence-electron chi connectivity index (χ0n) is 12.0. The van der Waals surface area contributed by atoms with Crippen molar-refractivity contribution in [3.8, 4) is 0 Å². The third-order valence-electron chi connectivity index (χ3n) is 3.21. The maximum Gasteiger partial charge on any atom is 0.0587 e. The van der Waals surface area contributed by atoms with Gasteiger partial charge in [-0.2, -0.15) is 0 Å².